The Kier molecular flexibility index (Phi) is 4.21. The third-order valence-electron chi connectivity index (χ3n) is 4.78. The van der Waals surface area contributed by atoms with Crippen LogP contribution in [0.4, 0.5) is 0 Å². The van der Waals surface area contributed by atoms with Crippen LogP contribution in [0.15, 0.2) is 47.0 Å². The number of aryl methyl sites for hydroxylation is 1. The standard InChI is InChI=1S/C23H28N4O/c1-15-11-12-24-21-19(15)25-20(18-13-16-9-7-8-10-17(16)28-18)27(21)26-23(5,6)14-22(2,3)4/h7-13,26H,14H2,1-6H3. The van der Waals surface area contributed by atoms with Crippen molar-refractivity contribution in [1.82, 2.24) is 14.6 Å². The number of aromatic nitrogens is 3. The van der Waals surface area contributed by atoms with Crippen molar-refractivity contribution in [1.29, 1.82) is 0 Å². The lowest BCUT2D eigenvalue weighted by molar-refractivity contribution is 0.289. The van der Waals surface area contributed by atoms with E-state index in [0.29, 0.717) is 0 Å². The zero-order valence-electron chi connectivity index (χ0n) is 17.5. The molecule has 4 aromatic rings. The normalized spacial score (nSPS) is 12.8. The lowest BCUT2D eigenvalue weighted by atomic mass is 9.82. The SMILES string of the molecule is Cc1ccnc2c1nc(-c1cc3ccccc3o1)n2NC(C)(C)CC(C)(C)C. The largest absolute Gasteiger partial charge is 0.453 e. The molecule has 0 fully saturated rings. The Bertz CT molecular complexity index is 1110. The van der Waals surface area contributed by atoms with Gasteiger partial charge in [-0.3, -0.25) is 0 Å². The van der Waals surface area contributed by atoms with Gasteiger partial charge in [-0.2, -0.15) is 0 Å². The van der Waals surface area contributed by atoms with Crippen molar-refractivity contribution in [2.45, 2.75) is 53.5 Å². The number of nitrogens with zero attached hydrogens (tertiary/aromatic N) is 3. The second-order valence-electron chi connectivity index (χ2n) is 9.45. The summed E-state index contributed by atoms with van der Waals surface area (Å²) in [6, 6.07) is 12.1. The van der Waals surface area contributed by atoms with E-state index in [1.54, 1.807) is 0 Å². The van der Waals surface area contributed by atoms with Gasteiger partial charge in [0.15, 0.2) is 17.2 Å². The van der Waals surface area contributed by atoms with Crippen molar-refractivity contribution in [2.75, 3.05) is 5.43 Å². The molecule has 1 aromatic carbocycles. The van der Waals surface area contributed by atoms with Crippen LogP contribution in [0, 0.1) is 12.3 Å². The summed E-state index contributed by atoms with van der Waals surface area (Å²) in [6.07, 6.45) is 2.82. The molecule has 3 aromatic heterocycles. The second-order valence-corrected chi connectivity index (χ2v) is 9.45. The molecular formula is C23H28N4O. The number of benzene rings is 1. The van der Waals surface area contributed by atoms with Crippen LogP contribution in [-0.4, -0.2) is 20.2 Å². The fourth-order valence-corrected chi connectivity index (χ4v) is 4.13. The number of nitrogens with one attached hydrogen (secondary N) is 1. The van der Waals surface area contributed by atoms with Crippen LogP contribution >= 0.6 is 0 Å². The van der Waals surface area contributed by atoms with Crippen LogP contribution in [0.2, 0.25) is 0 Å². The molecule has 4 rings (SSSR count). The molecule has 5 nitrogen and oxygen atoms in total. The molecule has 0 radical (unpaired) electrons. The van der Waals surface area contributed by atoms with Crippen molar-refractivity contribution in [3.8, 4) is 11.6 Å². The zero-order valence-corrected chi connectivity index (χ0v) is 17.5. The van der Waals surface area contributed by atoms with E-state index < -0.39 is 0 Å². The lowest BCUT2D eigenvalue weighted by Crippen LogP contribution is -2.41. The minimum Gasteiger partial charge on any atom is -0.453 e. The molecule has 0 amide bonds. The van der Waals surface area contributed by atoms with Gasteiger partial charge in [-0.1, -0.05) is 39.0 Å². The number of fused-ring (bicyclic) bond motifs is 2. The predicted octanol–water partition coefficient (Wildman–Crippen LogP) is 5.91. The lowest BCUT2D eigenvalue weighted by Gasteiger charge is -2.34. The highest BCUT2D eigenvalue weighted by Gasteiger charge is 2.28. The molecule has 0 atom stereocenters. The Morgan fingerprint density at radius 2 is 1.82 bits per heavy atom. The molecule has 1 N–H and O–H groups in total. The molecule has 0 aliphatic heterocycles. The topological polar surface area (TPSA) is 55.9 Å². The fraction of sp³-hybridized carbons (Fsp3) is 0.391. The summed E-state index contributed by atoms with van der Waals surface area (Å²) in [5, 5.41) is 1.06. The van der Waals surface area contributed by atoms with Gasteiger partial charge in [0, 0.05) is 17.1 Å². The minimum atomic E-state index is -0.155. The molecule has 5 heteroatoms. The van der Waals surface area contributed by atoms with Crippen molar-refractivity contribution < 1.29 is 4.42 Å². The average Bonchev–Trinajstić information content (AvgIpc) is 3.15. The Balaban J connectivity index is 1.88. The van der Waals surface area contributed by atoms with Gasteiger partial charge in [-0.25, -0.2) is 14.6 Å². The summed E-state index contributed by atoms with van der Waals surface area (Å²) in [6.45, 7) is 13.2. The quantitative estimate of drug-likeness (QED) is 0.481. The molecule has 3 heterocycles. The van der Waals surface area contributed by atoms with Crippen LogP contribution in [-0.2, 0) is 0 Å². The van der Waals surface area contributed by atoms with Gasteiger partial charge >= 0.3 is 0 Å². The first-order valence-electron chi connectivity index (χ1n) is 9.74. The highest BCUT2D eigenvalue weighted by Crippen LogP contribution is 2.32. The van der Waals surface area contributed by atoms with E-state index >= 15 is 0 Å². The molecule has 0 saturated carbocycles. The molecule has 0 saturated heterocycles. The second kappa shape index (κ2) is 6.36. The summed E-state index contributed by atoms with van der Waals surface area (Å²) in [5.74, 6) is 1.48. The summed E-state index contributed by atoms with van der Waals surface area (Å²) >= 11 is 0. The van der Waals surface area contributed by atoms with Crippen LogP contribution in [0.1, 0.15) is 46.6 Å². The Labute approximate surface area is 165 Å². The molecule has 0 aliphatic carbocycles. The maximum absolute atomic E-state index is 6.13. The Morgan fingerprint density at radius 1 is 1.07 bits per heavy atom. The van der Waals surface area contributed by atoms with Crippen LogP contribution < -0.4 is 5.43 Å². The van der Waals surface area contributed by atoms with Crippen molar-refractivity contribution >= 4 is 22.1 Å². The number of imidazole rings is 1. The van der Waals surface area contributed by atoms with Crippen LogP contribution in [0.3, 0.4) is 0 Å². The van der Waals surface area contributed by atoms with Crippen LogP contribution in [0.25, 0.3) is 33.7 Å². The zero-order chi connectivity index (χ0) is 20.1. The maximum Gasteiger partial charge on any atom is 0.197 e. The van der Waals surface area contributed by atoms with Gasteiger partial charge in [0.1, 0.15) is 11.1 Å². The van der Waals surface area contributed by atoms with E-state index in [4.69, 9.17) is 9.40 Å². The average molecular weight is 377 g/mol. The first-order chi connectivity index (χ1) is 13.1. The summed E-state index contributed by atoms with van der Waals surface area (Å²) < 4.78 is 8.12. The van der Waals surface area contributed by atoms with Gasteiger partial charge in [0.2, 0.25) is 0 Å². The molecular weight excluding hydrogens is 348 g/mol. The molecule has 28 heavy (non-hydrogen) atoms. The highest BCUT2D eigenvalue weighted by molar-refractivity contribution is 5.84. The van der Waals surface area contributed by atoms with E-state index in [2.05, 4.69) is 58.0 Å². The maximum atomic E-state index is 6.13. The van der Waals surface area contributed by atoms with E-state index in [1.165, 1.54) is 0 Å². The molecule has 0 bridgehead atoms. The van der Waals surface area contributed by atoms with Crippen molar-refractivity contribution in [3.63, 3.8) is 0 Å². The van der Waals surface area contributed by atoms with Gasteiger partial charge in [0.05, 0.1) is 0 Å². The monoisotopic (exact) mass is 376 g/mol. The predicted molar refractivity (Wildman–Crippen MR) is 115 cm³/mol. The summed E-state index contributed by atoms with van der Waals surface area (Å²) in [7, 11) is 0. The summed E-state index contributed by atoms with van der Waals surface area (Å²) in [4.78, 5) is 9.52. The van der Waals surface area contributed by atoms with Gasteiger partial charge in [-0.05, 0) is 56.4 Å². The minimum absolute atomic E-state index is 0.155. The molecule has 0 spiro atoms. The first kappa shape index (κ1) is 18.5. The molecule has 146 valence electrons. The summed E-state index contributed by atoms with van der Waals surface area (Å²) in [5.41, 5.74) is 7.36. The van der Waals surface area contributed by atoms with Crippen molar-refractivity contribution in [3.05, 3.63) is 48.2 Å². The number of furan rings is 1. The van der Waals surface area contributed by atoms with Gasteiger partial charge in [0.25, 0.3) is 0 Å². The fourth-order valence-electron chi connectivity index (χ4n) is 4.13. The Hall–Kier alpha value is -2.82. The molecule has 0 aliphatic rings. The number of hydrogen-bond donors (Lipinski definition) is 1. The van der Waals surface area contributed by atoms with Crippen molar-refractivity contribution in [2.24, 2.45) is 5.41 Å². The number of pyridine rings is 1. The van der Waals surface area contributed by atoms with E-state index in [9.17, 15) is 0 Å². The van der Waals surface area contributed by atoms with Gasteiger partial charge in [-0.15, -0.1) is 0 Å². The first-order valence-corrected chi connectivity index (χ1v) is 9.74. The molecule has 0 unspecified atom stereocenters. The number of para-hydroxylation sites is 1. The van der Waals surface area contributed by atoms with E-state index in [1.807, 2.05) is 41.2 Å². The number of rotatable bonds is 4. The smallest absolute Gasteiger partial charge is 0.197 e. The van der Waals surface area contributed by atoms with Gasteiger partial charge < -0.3 is 9.84 Å². The van der Waals surface area contributed by atoms with Crippen LogP contribution in [0.5, 0.6) is 0 Å². The highest BCUT2D eigenvalue weighted by atomic mass is 16.3. The third kappa shape index (κ3) is 3.49. The van der Waals surface area contributed by atoms with E-state index in [0.717, 1.165) is 45.7 Å². The third-order valence-corrected chi connectivity index (χ3v) is 4.78. The van der Waals surface area contributed by atoms with E-state index in [-0.39, 0.29) is 11.0 Å². The Morgan fingerprint density at radius 3 is 2.54 bits per heavy atom. The number of hydrogen-bond acceptors (Lipinski definition) is 4.